The molecule has 2 atom stereocenters. The number of carbonyl (C=O) groups is 1. The van der Waals surface area contributed by atoms with Gasteiger partial charge in [-0.25, -0.2) is 0 Å². The minimum absolute atomic E-state index is 0.217. The van der Waals surface area contributed by atoms with Crippen molar-refractivity contribution < 1.29 is 14.3 Å². The SMILES string of the molecule is CCC1(C(=O)O)CCCN(C(C)c2ccoc2)C1. The molecule has 2 heterocycles. The zero-order chi connectivity index (χ0) is 13.2. The minimum Gasteiger partial charge on any atom is -0.481 e. The molecule has 1 aromatic rings. The van der Waals surface area contributed by atoms with E-state index in [0.717, 1.165) is 24.9 Å². The quantitative estimate of drug-likeness (QED) is 0.894. The van der Waals surface area contributed by atoms with Crippen LogP contribution in [0.2, 0.25) is 0 Å². The molecule has 0 aromatic carbocycles. The maximum absolute atomic E-state index is 11.5. The van der Waals surface area contributed by atoms with Crippen LogP contribution in [-0.4, -0.2) is 29.1 Å². The van der Waals surface area contributed by atoms with Gasteiger partial charge in [-0.15, -0.1) is 0 Å². The summed E-state index contributed by atoms with van der Waals surface area (Å²) >= 11 is 0. The number of aliphatic carboxylic acids is 1. The number of likely N-dealkylation sites (tertiary alicyclic amines) is 1. The van der Waals surface area contributed by atoms with E-state index < -0.39 is 11.4 Å². The fourth-order valence-electron chi connectivity index (χ4n) is 2.84. The van der Waals surface area contributed by atoms with Gasteiger partial charge in [0.05, 0.1) is 17.9 Å². The van der Waals surface area contributed by atoms with Gasteiger partial charge in [-0.1, -0.05) is 6.92 Å². The lowest BCUT2D eigenvalue weighted by Gasteiger charge is -2.42. The van der Waals surface area contributed by atoms with Crippen molar-refractivity contribution in [1.29, 1.82) is 0 Å². The summed E-state index contributed by atoms with van der Waals surface area (Å²) in [7, 11) is 0. The fourth-order valence-corrected chi connectivity index (χ4v) is 2.84. The molecule has 1 aromatic heterocycles. The Morgan fingerprint density at radius 3 is 3.00 bits per heavy atom. The average Bonchev–Trinajstić information content (AvgIpc) is 2.91. The van der Waals surface area contributed by atoms with E-state index in [1.165, 1.54) is 0 Å². The van der Waals surface area contributed by atoms with Gasteiger partial charge in [0.2, 0.25) is 0 Å². The monoisotopic (exact) mass is 251 g/mol. The standard InChI is InChI=1S/C14H21NO3/c1-3-14(13(16)17)6-4-7-15(10-14)11(2)12-5-8-18-9-12/h5,8-9,11H,3-4,6-7,10H2,1-2H3,(H,16,17). The van der Waals surface area contributed by atoms with Crippen molar-refractivity contribution >= 4 is 5.97 Å². The van der Waals surface area contributed by atoms with E-state index in [9.17, 15) is 9.90 Å². The van der Waals surface area contributed by atoms with Crippen molar-refractivity contribution in [3.05, 3.63) is 24.2 Å². The predicted molar refractivity (Wildman–Crippen MR) is 68.3 cm³/mol. The zero-order valence-corrected chi connectivity index (χ0v) is 11.1. The summed E-state index contributed by atoms with van der Waals surface area (Å²) in [6.45, 7) is 5.67. The van der Waals surface area contributed by atoms with Crippen LogP contribution in [-0.2, 0) is 4.79 Å². The van der Waals surface area contributed by atoms with Crippen molar-refractivity contribution in [2.45, 2.75) is 39.2 Å². The Morgan fingerprint density at radius 2 is 2.44 bits per heavy atom. The molecule has 0 bridgehead atoms. The molecule has 2 rings (SSSR count). The normalized spacial score (nSPS) is 27.0. The number of nitrogens with zero attached hydrogens (tertiary/aromatic N) is 1. The van der Waals surface area contributed by atoms with E-state index in [4.69, 9.17) is 4.42 Å². The second kappa shape index (κ2) is 5.14. The maximum atomic E-state index is 11.5. The Morgan fingerprint density at radius 1 is 1.67 bits per heavy atom. The van der Waals surface area contributed by atoms with Gasteiger partial charge in [0.25, 0.3) is 0 Å². The third kappa shape index (κ3) is 2.29. The van der Waals surface area contributed by atoms with Gasteiger partial charge in [0, 0.05) is 18.2 Å². The van der Waals surface area contributed by atoms with Gasteiger partial charge in [-0.05, 0) is 38.8 Å². The molecule has 0 aliphatic carbocycles. The third-order valence-corrected chi connectivity index (χ3v) is 4.31. The second-order valence-electron chi connectivity index (χ2n) is 5.25. The Kier molecular flexibility index (Phi) is 3.76. The largest absolute Gasteiger partial charge is 0.481 e. The first-order chi connectivity index (χ1) is 8.59. The Hall–Kier alpha value is -1.29. The molecule has 2 unspecified atom stereocenters. The number of piperidine rings is 1. The average molecular weight is 251 g/mol. The molecule has 1 aliphatic heterocycles. The van der Waals surface area contributed by atoms with Crippen molar-refractivity contribution in [3.63, 3.8) is 0 Å². The number of hydrogen-bond acceptors (Lipinski definition) is 3. The summed E-state index contributed by atoms with van der Waals surface area (Å²) in [6, 6.07) is 2.17. The van der Waals surface area contributed by atoms with Crippen LogP contribution in [0.25, 0.3) is 0 Å². The lowest BCUT2D eigenvalue weighted by molar-refractivity contribution is -0.153. The van der Waals surface area contributed by atoms with Crippen LogP contribution in [0.5, 0.6) is 0 Å². The van der Waals surface area contributed by atoms with Crippen LogP contribution >= 0.6 is 0 Å². The van der Waals surface area contributed by atoms with Crippen molar-refractivity contribution in [2.24, 2.45) is 5.41 Å². The highest BCUT2D eigenvalue weighted by Gasteiger charge is 2.41. The molecule has 1 aliphatic rings. The molecule has 0 amide bonds. The van der Waals surface area contributed by atoms with Gasteiger partial charge in [0.15, 0.2) is 0 Å². The zero-order valence-electron chi connectivity index (χ0n) is 11.1. The van der Waals surface area contributed by atoms with Gasteiger partial charge in [0.1, 0.15) is 0 Å². The number of carboxylic acids is 1. The Bertz CT molecular complexity index is 401. The molecule has 1 N–H and O–H groups in total. The summed E-state index contributed by atoms with van der Waals surface area (Å²) in [6.07, 6.45) is 5.83. The van der Waals surface area contributed by atoms with E-state index >= 15 is 0 Å². The molecule has 4 nitrogen and oxygen atoms in total. The highest BCUT2D eigenvalue weighted by Crippen LogP contribution is 2.37. The summed E-state index contributed by atoms with van der Waals surface area (Å²) < 4.78 is 5.11. The van der Waals surface area contributed by atoms with Crippen LogP contribution < -0.4 is 0 Å². The highest BCUT2D eigenvalue weighted by molar-refractivity contribution is 5.75. The van der Waals surface area contributed by atoms with E-state index in [-0.39, 0.29) is 6.04 Å². The first-order valence-corrected chi connectivity index (χ1v) is 6.58. The van der Waals surface area contributed by atoms with E-state index in [0.29, 0.717) is 13.0 Å². The minimum atomic E-state index is -0.658. The van der Waals surface area contributed by atoms with E-state index in [1.807, 2.05) is 13.0 Å². The second-order valence-corrected chi connectivity index (χ2v) is 5.25. The van der Waals surface area contributed by atoms with Crippen LogP contribution in [0.1, 0.15) is 44.7 Å². The van der Waals surface area contributed by atoms with E-state index in [2.05, 4.69) is 11.8 Å². The first-order valence-electron chi connectivity index (χ1n) is 6.58. The summed E-state index contributed by atoms with van der Waals surface area (Å²) in [4.78, 5) is 13.8. The van der Waals surface area contributed by atoms with E-state index in [1.54, 1.807) is 12.5 Å². The molecule has 1 fully saturated rings. The molecule has 18 heavy (non-hydrogen) atoms. The van der Waals surface area contributed by atoms with Crippen LogP contribution in [0.15, 0.2) is 23.0 Å². The third-order valence-electron chi connectivity index (χ3n) is 4.31. The smallest absolute Gasteiger partial charge is 0.310 e. The molecular weight excluding hydrogens is 230 g/mol. The van der Waals surface area contributed by atoms with Crippen molar-refractivity contribution in [3.8, 4) is 0 Å². The van der Waals surface area contributed by atoms with Gasteiger partial charge >= 0.3 is 5.97 Å². The number of furan rings is 1. The van der Waals surface area contributed by atoms with Crippen LogP contribution in [0.3, 0.4) is 0 Å². The Balaban J connectivity index is 2.13. The summed E-state index contributed by atoms with van der Waals surface area (Å²) in [5.41, 5.74) is 0.545. The number of rotatable bonds is 4. The summed E-state index contributed by atoms with van der Waals surface area (Å²) in [5.74, 6) is -0.658. The molecule has 0 saturated carbocycles. The topological polar surface area (TPSA) is 53.7 Å². The molecule has 4 heteroatoms. The molecule has 0 radical (unpaired) electrons. The molecule has 100 valence electrons. The van der Waals surface area contributed by atoms with Gasteiger partial charge in [-0.3, -0.25) is 9.69 Å². The maximum Gasteiger partial charge on any atom is 0.310 e. The number of carboxylic acid groups (broad SMARTS) is 1. The first kappa shape index (κ1) is 13.1. The predicted octanol–water partition coefficient (Wildman–Crippen LogP) is 2.92. The number of hydrogen-bond donors (Lipinski definition) is 1. The van der Waals surface area contributed by atoms with Crippen LogP contribution in [0.4, 0.5) is 0 Å². The lowest BCUT2D eigenvalue weighted by Crippen LogP contribution is -2.48. The lowest BCUT2D eigenvalue weighted by atomic mass is 9.77. The van der Waals surface area contributed by atoms with Crippen molar-refractivity contribution in [1.82, 2.24) is 4.90 Å². The van der Waals surface area contributed by atoms with Crippen molar-refractivity contribution in [2.75, 3.05) is 13.1 Å². The summed E-state index contributed by atoms with van der Waals surface area (Å²) in [5, 5.41) is 9.47. The Labute approximate surface area is 108 Å². The van der Waals surface area contributed by atoms with Gasteiger partial charge in [-0.2, -0.15) is 0 Å². The highest BCUT2D eigenvalue weighted by atomic mass is 16.4. The molecule has 1 saturated heterocycles. The van der Waals surface area contributed by atoms with Crippen LogP contribution in [0, 0.1) is 5.41 Å². The fraction of sp³-hybridized carbons (Fsp3) is 0.643. The molecular formula is C14H21NO3. The molecule has 0 spiro atoms. The van der Waals surface area contributed by atoms with Gasteiger partial charge < -0.3 is 9.52 Å².